The molecule has 202 valence electrons. The number of piperidine rings is 1. The predicted molar refractivity (Wildman–Crippen MR) is 144 cm³/mol. The van der Waals surface area contributed by atoms with Crippen molar-refractivity contribution in [3.05, 3.63) is 70.3 Å². The van der Waals surface area contributed by atoms with Crippen LogP contribution in [0.25, 0.3) is 5.69 Å². The first-order valence-corrected chi connectivity index (χ1v) is 12.8. The zero-order valence-corrected chi connectivity index (χ0v) is 22.9. The van der Waals surface area contributed by atoms with E-state index in [9.17, 15) is 14.0 Å². The van der Waals surface area contributed by atoms with Crippen molar-refractivity contribution in [3.8, 4) is 11.4 Å². The molecule has 3 aromatic rings. The monoisotopic (exact) mass is 542 g/mol. The number of methoxy groups -OCH3 is 1. The average Bonchev–Trinajstić information content (AvgIpc) is 3.30. The van der Waals surface area contributed by atoms with Crippen LogP contribution in [0.3, 0.4) is 0 Å². The van der Waals surface area contributed by atoms with Crippen LogP contribution in [-0.4, -0.2) is 52.5 Å². The Morgan fingerprint density at radius 3 is 2.50 bits per heavy atom. The molecule has 1 saturated heterocycles. The normalized spacial score (nSPS) is 14.3. The van der Waals surface area contributed by atoms with E-state index in [1.165, 1.54) is 25.4 Å². The number of ether oxygens (including phenoxy) is 2. The van der Waals surface area contributed by atoms with Crippen molar-refractivity contribution in [1.82, 2.24) is 14.7 Å². The maximum absolute atomic E-state index is 14.1. The molecule has 2 heterocycles. The average molecular weight is 543 g/mol. The molecule has 4 rings (SSSR count). The van der Waals surface area contributed by atoms with Crippen molar-refractivity contribution >= 4 is 29.3 Å². The van der Waals surface area contributed by atoms with E-state index in [0.717, 1.165) is 5.56 Å². The SMILES string of the molecule is COc1cc(Cl)c(C)cc1NC(=O)c1cnn(-c2cccc(F)c2)c1C1CCN(C(=O)OC(C)(C)C)CC1. The highest BCUT2D eigenvalue weighted by atomic mass is 35.5. The van der Waals surface area contributed by atoms with Gasteiger partial charge in [-0.15, -0.1) is 0 Å². The van der Waals surface area contributed by atoms with Gasteiger partial charge in [0, 0.05) is 30.1 Å². The van der Waals surface area contributed by atoms with Gasteiger partial charge in [0.15, 0.2) is 0 Å². The topological polar surface area (TPSA) is 85.7 Å². The van der Waals surface area contributed by atoms with Gasteiger partial charge in [-0.05, 0) is 70.4 Å². The molecule has 38 heavy (non-hydrogen) atoms. The van der Waals surface area contributed by atoms with Crippen molar-refractivity contribution in [2.75, 3.05) is 25.5 Å². The summed E-state index contributed by atoms with van der Waals surface area (Å²) in [6, 6.07) is 9.46. The molecule has 1 fully saturated rings. The summed E-state index contributed by atoms with van der Waals surface area (Å²) in [7, 11) is 1.50. The second-order valence-electron chi connectivity index (χ2n) is 10.3. The van der Waals surface area contributed by atoms with Gasteiger partial charge in [-0.1, -0.05) is 17.7 Å². The zero-order valence-electron chi connectivity index (χ0n) is 22.2. The molecule has 0 atom stereocenters. The number of rotatable bonds is 5. The standard InChI is InChI=1S/C28H32ClFN4O4/c1-17-13-23(24(37-5)15-22(17)29)32-26(35)21-16-31-34(20-8-6-7-19(30)14-20)25(21)18-9-11-33(12-10-18)27(36)38-28(2,3)4/h6-8,13-16,18H,9-12H2,1-5H3,(H,32,35). The molecule has 2 amide bonds. The number of benzene rings is 2. The number of likely N-dealkylation sites (tertiary alicyclic amines) is 1. The number of amides is 2. The van der Waals surface area contributed by atoms with Crippen molar-refractivity contribution in [2.45, 2.75) is 52.1 Å². The number of nitrogens with zero attached hydrogens (tertiary/aromatic N) is 3. The summed E-state index contributed by atoms with van der Waals surface area (Å²) in [5, 5.41) is 7.92. The number of aromatic nitrogens is 2. The quantitative estimate of drug-likeness (QED) is 0.406. The van der Waals surface area contributed by atoms with Gasteiger partial charge in [-0.3, -0.25) is 4.79 Å². The third kappa shape index (κ3) is 6.10. The lowest BCUT2D eigenvalue weighted by atomic mass is 9.90. The zero-order chi connectivity index (χ0) is 27.6. The molecular formula is C28H32ClFN4O4. The third-order valence-electron chi connectivity index (χ3n) is 6.37. The Hall–Kier alpha value is -3.59. The summed E-state index contributed by atoms with van der Waals surface area (Å²) in [4.78, 5) is 27.8. The molecule has 0 radical (unpaired) electrons. The molecule has 2 aromatic carbocycles. The van der Waals surface area contributed by atoms with E-state index in [0.29, 0.717) is 59.3 Å². The molecule has 8 nitrogen and oxygen atoms in total. The maximum atomic E-state index is 14.1. The molecule has 1 aromatic heterocycles. The highest BCUT2D eigenvalue weighted by molar-refractivity contribution is 6.31. The summed E-state index contributed by atoms with van der Waals surface area (Å²) < 4.78 is 26.6. The highest BCUT2D eigenvalue weighted by Gasteiger charge is 2.32. The Balaban J connectivity index is 1.65. The van der Waals surface area contributed by atoms with E-state index in [1.54, 1.807) is 33.8 Å². The van der Waals surface area contributed by atoms with Crippen molar-refractivity contribution in [1.29, 1.82) is 0 Å². The van der Waals surface area contributed by atoms with Crippen LogP contribution in [-0.2, 0) is 4.74 Å². The molecule has 0 bridgehead atoms. The van der Waals surface area contributed by atoms with Gasteiger partial charge in [0.1, 0.15) is 17.2 Å². The lowest BCUT2D eigenvalue weighted by Gasteiger charge is -2.34. The lowest BCUT2D eigenvalue weighted by molar-refractivity contribution is 0.0203. The number of aryl methyl sites for hydroxylation is 1. The smallest absolute Gasteiger partial charge is 0.410 e. The molecule has 0 spiro atoms. The minimum Gasteiger partial charge on any atom is -0.495 e. The number of carbonyl (C=O) groups excluding carboxylic acids is 2. The Morgan fingerprint density at radius 1 is 1.16 bits per heavy atom. The van der Waals surface area contributed by atoms with Gasteiger partial charge in [-0.2, -0.15) is 5.10 Å². The summed E-state index contributed by atoms with van der Waals surface area (Å²) in [5.41, 5.74) is 2.20. The molecule has 0 unspecified atom stereocenters. The van der Waals surface area contributed by atoms with Crippen LogP contribution >= 0.6 is 11.6 Å². The van der Waals surface area contributed by atoms with Crippen LogP contribution < -0.4 is 10.1 Å². The van der Waals surface area contributed by atoms with E-state index in [2.05, 4.69) is 10.4 Å². The lowest BCUT2D eigenvalue weighted by Crippen LogP contribution is -2.41. The van der Waals surface area contributed by atoms with Crippen LogP contribution in [0.15, 0.2) is 42.6 Å². The third-order valence-corrected chi connectivity index (χ3v) is 6.77. The molecule has 1 aliphatic rings. The van der Waals surface area contributed by atoms with E-state index in [1.807, 2.05) is 27.7 Å². The molecule has 1 N–H and O–H groups in total. The van der Waals surface area contributed by atoms with Crippen molar-refractivity contribution in [3.63, 3.8) is 0 Å². The number of hydrogen-bond donors (Lipinski definition) is 1. The number of hydrogen-bond acceptors (Lipinski definition) is 5. The van der Waals surface area contributed by atoms with Crippen molar-refractivity contribution in [2.24, 2.45) is 0 Å². The Kier molecular flexibility index (Phi) is 7.97. The molecular weight excluding hydrogens is 511 g/mol. The first-order chi connectivity index (χ1) is 18.0. The molecule has 0 aliphatic carbocycles. The summed E-state index contributed by atoms with van der Waals surface area (Å²) in [6.45, 7) is 8.24. The number of anilines is 1. The van der Waals surface area contributed by atoms with E-state index in [-0.39, 0.29) is 17.9 Å². The van der Waals surface area contributed by atoms with Gasteiger partial charge in [0.05, 0.1) is 35.9 Å². The molecule has 0 saturated carbocycles. The van der Waals surface area contributed by atoms with E-state index >= 15 is 0 Å². The minimum absolute atomic E-state index is 0.103. The van der Waals surface area contributed by atoms with Gasteiger partial charge < -0.3 is 19.7 Å². The first kappa shape index (κ1) is 27.4. The predicted octanol–water partition coefficient (Wildman–Crippen LogP) is 6.35. The number of carbonyl (C=O) groups is 2. The summed E-state index contributed by atoms with van der Waals surface area (Å²) in [5.74, 6) is -0.457. The van der Waals surface area contributed by atoms with Gasteiger partial charge >= 0.3 is 6.09 Å². The van der Waals surface area contributed by atoms with Crippen LogP contribution in [0.1, 0.15) is 61.1 Å². The summed E-state index contributed by atoms with van der Waals surface area (Å²) >= 11 is 6.22. The first-order valence-electron chi connectivity index (χ1n) is 12.4. The molecule has 1 aliphatic heterocycles. The highest BCUT2D eigenvalue weighted by Crippen LogP contribution is 2.35. The van der Waals surface area contributed by atoms with Crippen LogP contribution in [0, 0.1) is 12.7 Å². The Labute approximate surface area is 226 Å². The fourth-order valence-electron chi connectivity index (χ4n) is 4.52. The van der Waals surface area contributed by atoms with E-state index < -0.39 is 11.4 Å². The van der Waals surface area contributed by atoms with Crippen LogP contribution in [0.4, 0.5) is 14.9 Å². The minimum atomic E-state index is -0.587. The Bertz CT molecular complexity index is 1340. The van der Waals surface area contributed by atoms with Crippen LogP contribution in [0.2, 0.25) is 5.02 Å². The van der Waals surface area contributed by atoms with Gasteiger partial charge in [0.2, 0.25) is 0 Å². The van der Waals surface area contributed by atoms with E-state index in [4.69, 9.17) is 21.1 Å². The number of halogens is 2. The number of nitrogens with one attached hydrogen (secondary N) is 1. The Morgan fingerprint density at radius 2 is 1.87 bits per heavy atom. The fourth-order valence-corrected chi connectivity index (χ4v) is 4.67. The van der Waals surface area contributed by atoms with Gasteiger partial charge in [-0.25, -0.2) is 13.9 Å². The van der Waals surface area contributed by atoms with Crippen LogP contribution in [0.5, 0.6) is 5.75 Å². The maximum Gasteiger partial charge on any atom is 0.410 e. The molecule has 10 heteroatoms. The van der Waals surface area contributed by atoms with Crippen molar-refractivity contribution < 1.29 is 23.5 Å². The van der Waals surface area contributed by atoms with Gasteiger partial charge in [0.25, 0.3) is 5.91 Å². The second-order valence-corrected chi connectivity index (χ2v) is 10.7. The largest absolute Gasteiger partial charge is 0.495 e. The fraction of sp³-hybridized carbons (Fsp3) is 0.393. The second kappa shape index (κ2) is 11.0. The summed E-state index contributed by atoms with van der Waals surface area (Å²) in [6.07, 6.45) is 2.30.